The van der Waals surface area contributed by atoms with E-state index in [0.717, 1.165) is 5.76 Å². The summed E-state index contributed by atoms with van der Waals surface area (Å²) in [7, 11) is 0. The first kappa shape index (κ1) is 8.96. The van der Waals surface area contributed by atoms with Gasteiger partial charge in [-0.05, 0) is 19.1 Å². The third-order valence-electron chi connectivity index (χ3n) is 1.79. The molecule has 1 unspecified atom stereocenters. The van der Waals surface area contributed by atoms with E-state index in [0.29, 0.717) is 18.1 Å². The number of hydrogen-bond acceptors (Lipinski definition) is 5. The van der Waals surface area contributed by atoms with Gasteiger partial charge in [-0.1, -0.05) is 5.16 Å². The SMILES string of the molecule is CC(N)c1nc(Cc2ccco2)no1. The lowest BCUT2D eigenvalue weighted by Crippen LogP contribution is -2.05. The molecule has 0 fully saturated rings. The van der Waals surface area contributed by atoms with Gasteiger partial charge >= 0.3 is 0 Å². The second-order valence-corrected chi connectivity index (χ2v) is 3.09. The fraction of sp³-hybridized carbons (Fsp3) is 0.333. The Morgan fingerprint density at radius 3 is 3.00 bits per heavy atom. The summed E-state index contributed by atoms with van der Waals surface area (Å²) >= 11 is 0. The number of nitrogens with zero attached hydrogens (tertiary/aromatic N) is 2. The number of hydrogen-bond donors (Lipinski definition) is 1. The Hall–Kier alpha value is -1.62. The van der Waals surface area contributed by atoms with Crippen molar-refractivity contribution >= 4 is 0 Å². The number of furan rings is 1. The molecule has 5 nitrogen and oxygen atoms in total. The van der Waals surface area contributed by atoms with E-state index in [2.05, 4.69) is 10.1 Å². The van der Waals surface area contributed by atoms with Crippen molar-refractivity contribution in [1.29, 1.82) is 0 Å². The van der Waals surface area contributed by atoms with Crippen molar-refractivity contribution in [3.05, 3.63) is 35.9 Å². The molecular formula is C9H11N3O2. The second-order valence-electron chi connectivity index (χ2n) is 3.09. The van der Waals surface area contributed by atoms with E-state index in [9.17, 15) is 0 Å². The zero-order valence-corrected chi connectivity index (χ0v) is 7.80. The lowest BCUT2D eigenvalue weighted by Gasteiger charge is -1.92. The minimum absolute atomic E-state index is 0.229. The maximum atomic E-state index is 5.58. The summed E-state index contributed by atoms with van der Waals surface area (Å²) in [6.45, 7) is 1.80. The van der Waals surface area contributed by atoms with E-state index < -0.39 is 0 Å². The molecule has 0 saturated heterocycles. The molecule has 2 heterocycles. The van der Waals surface area contributed by atoms with E-state index >= 15 is 0 Å². The van der Waals surface area contributed by atoms with Crippen LogP contribution >= 0.6 is 0 Å². The van der Waals surface area contributed by atoms with Crippen LogP contribution in [-0.4, -0.2) is 10.1 Å². The van der Waals surface area contributed by atoms with E-state index in [-0.39, 0.29) is 6.04 Å². The highest BCUT2D eigenvalue weighted by atomic mass is 16.5. The maximum absolute atomic E-state index is 5.58. The Morgan fingerprint density at radius 2 is 2.43 bits per heavy atom. The smallest absolute Gasteiger partial charge is 0.243 e. The number of rotatable bonds is 3. The zero-order valence-electron chi connectivity index (χ0n) is 7.80. The molecule has 2 N–H and O–H groups in total. The third-order valence-corrected chi connectivity index (χ3v) is 1.79. The van der Waals surface area contributed by atoms with Crippen molar-refractivity contribution < 1.29 is 8.94 Å². The minimum Gasteiger partial charge on any atom is -0.469 e. The molecule has 0 radical (unpaired) electrons. The van der Waals surface area contributed by atoms with Crippen molar-refractivity contribution in [3.63, 3.8) is 0 Å². The minimum atomic E-state index is -0.229. The first-order chi connectivity index (χ1) is 6.75. The van der Waals surface area contributed by atoms with Crippen LogP contribution in [0, 0.1) is 0 Å². The predicted octanol–water partition coefficient (Wildman–Crippen LogP) is 1.27. The summed E-state index contributed by atoms with van der Waals surface area (Å²) in [6.07, 6.45) is 2.14. The van der Waals surface area contributed by atoms with Gasteiger partial charge in [-0.2, -0.15) is 4.98 Å². The average molecular weight is 193 g/mol. The molecule has 1 atom stereocenters. The molecule has 0 aliphatic heterocycles. The van der Waals surface area contributed by atoms with Crippen LogP contribution < -0.4 is 5.73 Å². The van der Waals surface area contributed by atoms with Gasteiger partial charge in [-0.25, -0.2) is 0 Å². The van der Waals surface area contributed by atoms with Crippen LogP contribution in [0.15, 0.2) is 27.3 Å². The fourth-order valence-electron chi connectivity index (χ4n) is 1.09. The Balaban J connectivity index is 2.11. The summed E-state index contributed by atoms with van der Waals surface area (Å²) in [5.41, 5.74) is 5.58. The van der Waals surface area contributed by atoms with Gasteiger partial charge in [-0.15, -0.1) is 0 Å². The van der Waals surface area contributed by atoms with Crippen LogP contribution in [0.5, 0.6) is 0 Å². The summed E-state index contributed by atoms with van der Waals surface area (Å²) in [5, 5.41) is 3.79. The van der Waals surface area contributed by atoms with Gasteiger partial charge in [0.2, 0.25) is 5.89 Å². The van der Waals surface area contributed by atoms with Gasteiger partial charge in [0.25, 0.3) is 0 Å². The van der Waals surface area contributed by atoms with Crippen molar-refractivity contribution in [3.8, 4) is 0 Å². The molecule has 14 heavy (non-hydrogen) atoms. The zero-order chi connectivity index (χ0) is 9.97. The highest BCUT2D eigenvalue weighted by Crippen LogP contribution is 2.10. The molecule has 0 bridgehead atoms. The number of nitrogens with two attached hydrogens (primary N) is 1. The summed E-state index contributed by atoms with van der Waals surface area (Å²) in [4.78, 5) is 4.12. The molecule has 2 aromatic rings. The van der Waals surface area contributed by atoms with Crippen LogP contribution in [0.2, 0.25) is 0 Å². The highest BCUT2D eigenvalue weighted by Gasteiger charge is 2.11. The van der Waals surface area contributed by atoms with Gasteiger partial charge in [0.15, 0.2) is 5.82 Å². The molecule has 2 rings (SSSR count). The molecule has 2 aromatic heterocycles. The van der Waals surface area contributed by atoms with Crippen molar-refractivity contribution in [2.24, 2.45) is 5.73 Å². The van der Waals surface area contributed by atoms with E-state index in [1.54, 1.807) is 13.2 Å². The van der Waals surface area contributed by atoms with Crippen LogP contribution in [0.3, 0.4) is 0 Å². The fourth-order valence-corrected chi connectivity index (χ4v) is 1.09. The standard InChI is InChI=1S/C9H11N3O2/c1-6(10)9-11-8(12-14-9)5-7-3-2-4-13-7/h2-4,6H,5,10H2,1H3. The maximum Gasteiger partial charge on any atom is 0.243 e. The van der Waals surface area contributed by atoms with Crippen molar-refractivity contribution in [1.82, 2.24) is 10.1 Å². The highest BCUT2D eigenvalue weighted by molar-refractivity contribution is 5.05. The number of aromatic nitrogens is 2. The summed E-state index contributed by atoms with van der Waals surface area (Å²) in [6, 6.07) is 3.46. The van der Waals surface area contributed by atoms with E-state index in [1.807, 2.05) is 12.1 Å². The predicted molar refractivity (Wildman–Crippen MR) is 48.4 cm³/mol. The second kappa shape index (κ2) is 3.63. The molecule has 74 valence electrons. The Morgan fingerprint density at radius 1 is 1.57 bits per heavy atom. The van der Waals surface area contributed by atoms with E-state index in [1.165, 1.54) is 0 Å². The van der Waals surface area contributed by atoms with Gasteiger partial charge in [0.05, 0.1) is 18.7 Å². The first-order valence-electron chi connectivity index (χ1n) is 4.36. The van der Waals surface area contributed by atoms with Crippen molar-refractivity contribution in [2.75, 3.05) is 0 Å². The van der Waals surface area contributed by atoms with Crippen LogP contribution in [0.25, 0.3) is 0 Å². The summed E-state index contributed by atoms with van der Waals surface area (Å²) < 4.78 is 10.1. The normalized spacial score (nSPS) is 13.0. The third kappa shape index (κ3) is 1.82. The molecular weight excluding hydrogens is 182 g/mol. The van der Waals surface area contributed by atoms with Gasteiger partial charge in [-0.3, -0.25) is 0 Å². The molecule has 0 saturated carbocycles. The van der Waals surface area contributed by atoms with Gasteiger partial charge < -0.3 is 14.7 Å². The first-order valence-corrected chi connectivity index (χ1v) is 4.36. The Bertz CT molecular complexity index is 392. The topological polar surface area (TPSA) is 78.1 Å². The van der Waals surface area contributed by atoms with Crippen LogP contribution in [0.1, 0.15) is 30.4 Å². The van der Waals surface area contributed by atoms with Gasteiger partial charge in [0, 0.05) is 0 Å². The summed E-state index contributed by atoms with van der Waals surface area (Å²) in [5.74, 6) is 1.85. The monoisotopic (exact) mass is 193 g/mol. The average Bonchev–Trinajstić information content (AvgIpc) is 2.75. The Kier molecular flexibility index (Phi) is 2.32. The van der Waals surface area contributed by atoms with Crippen LogP contribution in [0.4, 0.5) is 0 Å². The van der Waals surface area contributed by atoms with Crippen molar-refractivity contribution in [2.45, 2.75) is 19.4 Å². The van der Waals surface area contributed by atoms with E-state index in [4.69, 9.17) is 14.7 Å². The van der Waals surface area contributed by atoms with Crippen LogP contribution in [-0.2, 0) is 6.42 Å². The molecule has 0 aliphatic carbocycles. The largest absolute Gasteiger partial charge is 0.469 e. The lowest BCUT2D eigenvalue weighted by atomic mass is 10.3. The lowest BCUT2D eigenvalue weighted by molar-refractivity contribution is 0.357. The molecule has 0 aliphatic rings. The Labute approximate surface area is 80.9 Å². The molecule has 0 amide bonds. The molecule has 5 heteroatoms. The van der Waals surface area contributed by atoms with Gasteiger partial charge in [0.1, 0.15) is 5.76 Å². The molecule has 0 aromatic carbocycles. The quantitative estimate of drug-likeness (QED) is 0.794. The molecule has 0 spiro atoms.